The van der Waals surface area contributed by atoms with E-state index in [1.165, 1.54) is 6.20 Å². The lowest BCUT2D eigenvalue weighted by molar-refractivity contribution is 0.0695. The average molecular weight is 381 g/mol. The van der Waals surface area contributed by atoms with Crippen molar-refractivity contribution >= 4 is 34.2 Å². The predicted molar refractivity (Wildman–Crippen MR) is 95.8 cm³/mol. The Hall–Kier alpha value is -2.12. The second kappa shape index (κ2) is 6.25. The smallest absolute Gasteiger partial charge is 0.341 e. The van der Waals surface area contributed by atoms with Crippen molar-refractivity contribution in [2.75, 3.05) is 24.6 Å². The fraction of sp³-hybridized carbons (Fsp3) is 0.444. The van der Waals surface area contributed by atoms with Crippen LogP contribution in [0.4, 0.5) is 10.1 Å². The number of aromatic carboxylic acids is 1. The van der Waals surface area contributed by atoms with E-state index in [1.54, 1.807) is 9.47 Å². The third kappa shape index (κ3) is 2.66. The first kappa shape index (κ1) is 17.3. The monoisotopic (exact) mass is 380 g/mol. The Kier molecular flexibility index (Phi) is 4.16. The standard InChI is InChI=1S/C18H18ClFN2O4/c19-14-15-11(5-13(20)16(14)21-4-3-9(6-21)8-23)17(24)12(18(25)26)7-22(15)10-1-2-10/h5,7,9-10,23H,1-4,6,8H2,(H,25,26). The summed E-state index contributed by atoms with van der Waals surface area (Å²) in [4.78, 5) is 25.7. The first-order valence-corrected chi connectivity index (χ1v) is 8.96. The quantitative estimate of drug-likeness (QED) is 0.852. The molecule has 1 atom stereocenters. The maximum atomic E-state index is 14.8. The van der Waals surface area contributed by atoms with Gasteiger partial charge in [-0.15, -0.1) is 0 Å². The summed E-state index contributed by atoms with van der Waals surface area (Å²) >= 11 is 6.55. The summed E-state index contributed by atoms with van der Waals surface area (Å²) in [6.07, 6.45) is 3.77. The van der Waals surface area contributed by atoms with Crippen molar-refractivity contribution in [3.05, 3.63) is 38.9 Å². The van der Waals surface area contributed by atoms with E-state index in [-0.39, 0.29) is 40.2 Å². The summed E-state index contributed by atoms with van der Waals surface area (Å²) in [6, 6.07) is 1.16. The normalized spacial score (nSPS) is 20.1. The molecule has 0 radical (unpaired) electrons. The van der Waals surface area contributed by atoms with Crippen LogP contribution in [0, 0.1) is 11.7 Å². The molecular formula is C18H18ClFN2O4. The van der Waals surface area contributed by atoms with Gasteiger partial charge in [0.2, 0.25) is 5.43 Å². The topological polar surface area (TPSA) is 82.8 Å². The summed E-state index contributed by atoms with van der Waals surface area (Å²) in [5, 5.41) is 18.7. The minimum absolute atomic E-state index is 0.0130. The third-order valence-corrected chi connectivity index (χ3v) is 5.57. The molecule has 2 aliphatic rings. The molecule has 4 rings (SSSR count). The van der Waals surface area contributed by atoms with E-state index in [9.17, 15) is 24.2 Å². The molecule has 2 aromatic rings. The molecule has 2 N–H and O–H groups in total. The molecule has 138 valence electrons. The van der Waals surface area contributed by atoms with E-state index in [2.05, 4.69) is 0 Å². The molecule has 2 heterocycles. The highest BCUT2D eigenvalue weighted by Gasteiger charge is 2.32. The first-order chi connectivity index (χ1) is 12.4. The number of carboxylic acids is 1. The van der Waals surface area contributed by atoms with Crippen molar-refractivity contribution in [1.82, 2.24) is 4.57 Å². The maximum absolute atomic E-state index is 14.8. The molecule has 2 fully saturated rings. The highest BCUT2D eigenvalue weighted by Crippen LogP contribution is 2.42. The number of pyridine rings is 1. The van der Waals surface area contributed by atoms with E-state index in [0.29, 0.717) is 18.6 Å². The van der Waals surface area contributed by atoms with Crippen molar-refractivity contribution < 1.29 is 19.4 Å². The minimum Gasteiger partial charge on any atom is -0.477 e. The Bertz CT molecular complexity index is 970. The fourth-order valence-electron chi connectivity index (χ4n) is 3.70. The Morgan fingerprint density at radius 3 is 2.65 bits per heavy atom. The van der Waals surface area contributed by atoms with Crippen LogP contribution in [0.15, 0.2) is 17.1 Å². The van der Waals surface area contributed by atoms with E-state index < -0.39 is 17.2 Å². The van der Waals surface area contributed by atoms with Crippen molar-refractivity contribution in [3.63, 3.8) is 0 Å². The summed E-state index contributed by atoms with van der Waals surface area (Å²) < 4.78 is 16.5. The van der Waals surface area contributed by atoms with Crippen LogP contribution >= 0.6 is 11.6 Å². The molecule has 0 amide bonds. The second-order valence-corrected chi connectivity index (χ2v) is 7.39. The molecule has 1 unspecified atom stereocenters. The van der Waals surface area contributed by atoms with Crippen molar-refractivity contribution in [2.45, 2.75) is 25.3 Å². The number of halogens is 2. The van der Waals surface area contributed by atoms with Gasteiger partial charge in [-0.2, -0.15) is 0 Å². The van der Waals surface area contributed by atoms with Crippen LogP contribution < -0.4 is 10.3 Å². The largest absolute Gasteiger partial charge is 0.477 e. The Morgan fingerprint density at radius 2 is 2.08 bits per heavy atom. The van der Waals surface area contributed by atoms with Gasteiger partial charge in [0.15, 0.2) is 0 Å². The van der Waals surface area contributed by atoms with Gasteiger partial charge in [0.25, 0.3) is 0 Å². The zero-order valence-corrected chi connectivity index (χ0v) is 14.7. The third-order valence-electron chi connectivity index (χ3n) is 5.21. The Labute approximate surface area is 153 Å². The number of aromatic nitrogens is 1. The van der Waals surface area contributed by atoms with E-state index >= 15 is 0 Å². The number of hydrogen-bond donors (Lipinski definition) is 2. The summed E-state index contributed by atoms with van der Waals surface area (Å²) in [5.41, 5.74) is -0.513. The molecule has 1 aliphatic heterocycles. The van der Waals surface area contributed by atoms with Gasteiger partial charge >= 0.3 is 5.97 Å². The summed E-state index contributed by atoms with van der Waals surface area (Å²) in [5.74, 6) is -1.93. The summed E-state index contributed by atoms with van der Waals surface area (Å²) in [7, 11) is 0. The molecule has 8 heteroatoms. The molecule has 6 nitrogen and oxygen atoms in total. The Morgan fingerprint density at radius 1 is 1.35 bits per heavy atom. The van der Waals surface area contributed by atoms with Crippen LogP contribution in [-0.4, -0.2) is 40.4 Å². The SMILES string of the molecule is O=C(O)c1cn(C2CC2)c2c(Cl)c(N3CCC(CO)C3)c(F)cc2c1=O. The van der Waals surface area contributed by atoms with Crippen LogP contribution in [0.25, 0.3) is 10.9 Å². The number of anilines is 1. The minimum atomic E-state index is -1.34. The van der Waals surface area contributed by atoms with Crippen molar-refractivity contribution in [3.8, 4) is 0 Å². The van der Waals surface area contributed by atoms with Crippen LogP contribution in [0.1, 0.15) is 35.7 Å². The van der Waals surface area contributed by atoms with Crippen LogP contribution in [0.5, 0.6) is 0 Å². The molecule has 26 heavy (non-hydrogen) atoms. The summed E-state index contributed by atoms with van der Waals surface area (Å²) in [6.45, 7) is 1.08. The Balaban J connectivity index is 1.97. The fourth-order valence-corrected chi connectivity index (χ4v) is 4.11. The highest BCUT2D eigenvalue weighted by atomic mass is 35.5. The molecular weight excluding hydrogens is 363 g/mol. The predicted octanol–water partition coefficient (Wildman–Crippen LogP) is 2.65. The van der Waals surface area contributed by atoms with Crippen LogP contribution in [0.3, 0.4) is 0 Å². The molecule has 1 saturated carbocycles. The van der Waals surface area contributed by atoms with Gasteiger partial charge in [-0.1, -0.05) is 11.6 Å². The van der Waals surface area contributed by atoms with Gasteiger partial charge in [-0.05, 0) is 25.3 Å². The van der Waals surface area contributed by atoms with E-state index in [0.717, 1.165) is 25.3 Å². The lowest BCUT2D eigenvalue weighted by Crippen LogP contribution is -2.24. The highest BCUT2D eigenvalue weighted by molar-refractivity contribution is 6.38. The molecule has 1 aromatic heterocycles. The van der Waals surface area contributed by atoms with Gasteiger partial charge in [0.05, 0.1) is 21.6 Å². The zero-order valence-electron chi connectivity index (χ0n) is 13.9. The number of hydrogen-bond acceptors (Lipinski definition) is 4. The molecule has 1 aliphatic carbocycles. The van der Waals surface area contributed by atoms with Gasteiger partial charge in [0.1, 0.15) is 11.4 Å². The van der Waals surface area contributed by atoms with Gasteiger partial charge in [0, 0.05) is 37.9 Å². The number of benzene rings is 1. The average Bonchev–Trinajstić information content (AvgIpc) is 3.33. The number of carboxylic acid groups (broad SMARTS) is 1. The van der Waals surface area contributed by atoms with Crippen molar-refractivity contribution in [2.24, 2.45) is 5.92 Å². The number of carbonyl (C=O) groups is 1. The van der Waals surface area contributed by atoms with E-state index in [1.807, 2.05) is 0 Å². The number of nitrogens with zero attached hydrogens (tertiary/aromatic N) is 2. The first-order valence-electron chi connectivity index (χ1n) is 8.58. The van der Waals surface area contributed by atoms with Crippen LogP contribution in [0.2, 0.25) is 5.02 Å². The number of fused-ring (bicyclic) bond motifs is 1. The number of aliphatic hydroxyl groups is 1. The number of rotatable bonds is 4. The number of aliphatic hydroxyl groups excluding tert-OH is 1. The van der Waals surface area contributed by atoms with Gasteiger partial charge in [-0.25, -0.2) is 9.18 Å². The van der Waals surface area contributed by atoms with E-state index in [4.69, 9.17) is 11.6 Å². The van der Waals surface area contributed by atoms with Gasteiger partial charge < -0.3 is 19.7 Å². The van der Waals surface area contributed by atoms with Gasteiger partial charge in [-0.3, -0.25) is 4.79 Å². The zero-order chi connectivity index (χ0) is 18.6. The maximum Gasteiger partial charge on any atom is 0.341 e. The molecule has 0 bridgehead atoms. The lowest BCUT2D eigenvalue weighted by Gasteiger charge is -2.23. The molecule has 0 spiro atoms. The lowest BCUT2D eigenvalue weighted by atomic mass is 10.1. The van der Waals surface area contributed by atoms with Crippen LogP contribution in [-0.2, 0) is 0 Å². The second-order valence-electron chi connectivity index (χ2n) is 7.02. The van der Waals surface area contributed by atoms with Crippen molar-refractivity contribution in [1.29, 1.82) is 0 Å². The molecule has 1 aromatic carbocycles. The molecule has 1 saturated heterocycles.